The Labute approximate surface area is 236 Å². The Balaban J connectivity index is 0.000000673. The van der Waals surface area contributed by atoms with Gasteiger partial charge in [-0.2, -0.15) is 21.6 Å². The Morgan fingerprint density at radius 2 is 1.74 bits per heavy atom. The molecule has 0 spiro atoms. The first-order valence-corrected chi connectivity index (χ1v) is 15.6. The lowest BCUT2D eigenvalue weighted by Gasteiger charge is -2.12. The van der Waals surface area contributed by atoms with Crippen LogP contribution in [0.1, 0.15) is 4.88 Å². The third kappa shape index (κ3) is 7.78. The van der Waals surface area contributed by atoms with E-state index in [2.05, 4.69) is 19.7 Å². The van der Waals surface area contributed by atoms with Crippen LogP contribution in [0.15, 0.2) is 81.7 Å². The molecule has 0 saturated heterocycles. The maximum atomic E-state index is 14.4. The molecular weight excluding hydrogens is 673 g/mol. The topological polar surface area (TPSA) is 194 Å². The fourth-order valence-electron chi connectivity index (χ4n) is 2.68. The minimum atomic E-state index is -5.08. The fraction of sp³-hybridized carbons (Fsp3) is 0.100. The van der Waals surface area contributed by atoms with Crippen LogP contribution in [0.3, 0.4) is 0 Å². The van der Waals surface area contributed by atoms with Gasteiger partial charge < -0.3 is 10.8 Å². The minimum Gasteiger partial charge on any atom is -0.475 e. The average Bonchev–Trinajstić information content (AvgIpc) is 3.29. The first-order chi connectivity index (χ1) is 17.9. The van der Waals surface area contributed by atoms with E-state index in [0.29, 0.717) is 13.6 Å². The van der Waals surface area contributed by atoms with Crippen molar-refractivity contribution in [2.24, 2.45) is 9.50 Å². The fourth-order valence-corrected chi connectivity index (χ4v) is 9.92. The van der Waals surface area contributed by atoms with Gasteiger partial charge in [0.25, 0.3) is 15.7 Å². The van der Waals surface area contributed by atoms with Crippen LogP contribution in [-0.2, 0) is 24.5 Å². The predicted molar refractivity (Wildman–Crippen MR) is 142 cm³/mol. The van der Waals surface area contributed by atoms with E-state index in [-0.39, 0.29) is 15.6 Å². The average molecular weight is 690 g/mol. The number of hydrogen-bond donors (Lipinski definition) is 3. The number of amidine groups is 1. The van der Waals surface area contributed by atoms with Gasteiger partial charge in [-0.3, -0.25) is 15.5 Å². The summed E-state index contributed by atoms with van der Waals surface area (Å²) in [5, 5.41) is 26.2. The van der Waals surface area contributed by atoms with Crippen molar-refractivity contribution in [3.8, 4) is 0 Å². The van der Waals surface area contributed by atoms with Gasteiger partial charge in [-0.15, -0.1) is 23.1 Å². The molecule has 0 fully saturated rings. The number of aliphatic carboxylic acids is 1. The lowest BCUT2D eigenvalue weighted by atomic mass is 10.3. The molecule has 19 heteroatoms. The molecule has 0 aliphatic rings. The molecule has 0 radical (unpaired) electrons. The van der Waals surface area contributed by atoms with Gasteiger partial charge in [0.1, 0.15) is 15.6 Å². The zero-order valence-corrected chi connectivity index (χ0v) is 24.1. The van der Waals surface area contributed by atoms with E-state index < -0.39 is 47.4 Å². The second-order valence-corrected chi connectivity index (χ2v) is 13.9. The molecule has 210 valence electrons. The molecule has 0 saturated carbocycles. The molecule has 1 aromatic heterocycles. The quantitative estimate of drug-likeness (QED) is 0.0966. The molecule has 4 N–H and O–H groups in total. The molecule has 39 heavy (non-hydrogen) atoms. The molecule has 3 rings (SSSR count). The number of nitrogens with zero attached hydrogens (tertiary/aromatic N) is 2. The summed E-state index contributed by atoms with van der Waals surface area (Å²) in [5.74, 6) is -3.03. The molecule has 1 unspecified atom stereocenters. The van der Waals surface area contributed by atoms with Crippen molar-refractivity contribution >= 4 is 76.3 Å². The van der Waals surface area contributed by atoms with E-state index in [4.69, 9.17) is 21.0 Å². The Kier molecular flexibility index (Phi) is 10.3. The number of carbonyl (C=O) groups is 1. The van der Waals surface area contributed by atoms with Gasteiger partial charge in [0, 0.05) is 10.5 Å². The number of alkyl halides is 3. The van der Waals surface area contributed by atoms with Crippen molar-refractivity contribution in [2.75, 3.05) is 6.26 Å². The van der Waals surface area contributed by atoms with Gasteiger partial charge in [0.05, 0.1) is 23.8 Å². The van der Waals surface area contributed by atoms with Crippen molar-refractivity contribution in [3.05, 3.63) is 74.1 Å². The van der Waals surface area contributed by atoms with Crippen LogP contribution in [0.5, 0.6) is 0 Å². The van der Waals surface area contributed by atoms with Crippen LogP contribution in [0.25, 0.3) is 0 Å². The van der Waals surface area contributed by atoms with Crippen molar-refractivity contribution < 1.29 is 40.6 Å². The summed E-state index contributed by atoms with van der Waals surface area (Å²) in [4.78, 5) is 19.2. The van der Waals surface area contributed by atoms with E-state index >= 15 is 0 Å². The number of sulfonamides is 1. The predicted octanol–water partition coefficient (Wildman–Crippen LogP) is 5.33. The normalized spacial score (nSPS) is 12.9. The summed E-state index contributed by atoms with van der Waals surface area (Å²) in [6.45, 7) is 0. The Morgan fingerprint density at radius 1 is 1.15 bits per heavy atom. The monoisotopic (exact) mass is 688 g/mol. The number of thioether (sulfide) groups is 1. The summed E-state index contributed by atoms with van der Waals surface area (Å²) in [7, 11) is -8.59. The number of para-hydroxylation sites is 1. The number of hydrogen-bond acceptors (Lipinski definition) is 9. The Bertz CT molecular complexity index is 1670. The first-order valence-electron chi connectivity index (χ1n) is 9.79. The van der Waals surface area contributed by atoms with Crippen molar-refractivity contribution in [2.45, 2.75) is 25.1 Å². The molecule has 0 aliphatic heterocycles. The maximum absolute atomic E-state index is 14.4. The molecule has 0 amide bonds. The molecular formula is C20H16BrF3N4O7S4. The molecule has 0 bridgehead atoms. The number of halogens is 4. The van der Waals surface area contributed by atoms with Crippen LogP contribution < -0.4 is 5.73 Å². The number of nitro benzene ring substituents is 1. The highest BCUT2D eigenvalue weighted by molar-refractivity contribution is 9.10. The number of benzene rings is 2. The number of rotatable bonds is 7. The highest BCUT2D eigenvalue weighted by atomic mass is 79.9. The summed E-state index contributed by atoms with van der Waals surface area (Å²) in [5.41, 5.74) is 4.91. The lowest BCUT2D eigenvalue weighted by Crippen LogP contribution is -2.21. The second kappa shape index (κ2) is 12.5. The Morgan fingerprint density at radius 3 is 2.23 bits per heavy atom. The molecule has 3 aromatic rings. The third-order valence-electron chi connectivity index (χ3n) is 4.32. The number of nitrogens with two attached hydrogens (primary N) is 1. The van der Waals surface area contributed by atoms with E-state index in [1.807, 2.05) is 0 Å². The van der Waals surface area contributed by atoms with Crippen LogP contribution in [0.2, 0.25) is 0 Å². The van der Waals surface area contributed by atoms with E-state index in [1.165, 1.54) is 42.1 Å². The zero-order valence-electron chi connectivity index (χ0n) is 19.2. The Hall–Kier alpha value is -3.00. The van der Waals surface area contributed by atoms with Gasteiger partial charge in [-0.1, -0.05) is 37.9 Å². The van der Waals surface area contributed by atoms with Gasteiger partial charge in [-0.25, -0.2) is 9.00 Å². The number of nitrogens with one attached hydrogen (secondary N) is 1. The van der Waals surface area contributed by atoms with Crippen LogP contribution in [0.4, 0.5) is 18.9 Å². The summed E-state index contributed by atoms with van der Waals surface area (Å²) in [6.07, 6.45) is -3.38. The minimum absolute atomic E-state index is 0.0699. The third-order valence-corrected chi connectivity index (χ3v) is 11.7. The van der Waals surface area contributed by atoms with Gasteiger partial charge in [0.2, 0.25) is 0 Å². The molecule has 1 heterocycles. The van der Waals surface area contributed by atoms with Crippen molar-refractivity contribution in [3.63, 3.8) is 0 Å². The van der Waals surface area contributed by atoms with Gasteiger partial charge in [-0.05, 0) is 36.6 Å². The molecule has 0 aliphatic carbocycles. The largest absolute Gasteiger partial charge is 0.490 e. The van der Waals surface area contributed by atoms with Crippen molar-refractivity contribution in [1.82, 2.24) is 0 Å². The van der Waals surface area contributed by atoms with E-state index in [0.717, 1.165) is 23.5 Å². The van der Waals surface area contributed by atoms with Crippen molar-refractivity contribution in [1.29, 1.82) is 5.41 Å². The van der Waals surface area contributed by atoms with Gasteiger partial charge in [0.15, 0.2) is 4.90 Å². The second-order valence-electron chi connectivity index (χ2n) is 6.94. The summed E-state index contributed by atoms with van der Waals surface area (Å²) < 4.78 is 77.3. The number of nitro groups is 1. The number of nitrogen functional groups attached to an aromatic ring is 1. The highest BCUT2D eigenvalue weighted by Gasteiger charge is 2.38. The number of thiophene rings is 1. The maximum Gasteiger partial charge on any atom is 0.490 e. The lowest BCUT2D eigenvalue weighted by molar-refractivity contribution is -0.387. The first kappa shape index (κ1) is 32.2. The molecule has 2 aromatic carbocycles. The number of carboxylic acid groups (broad SMARTS) is 1. The smallest absolute Gasteiger partial charge is 0.475 e. The standard InChI is InChI=1S/C18H15BrN4O5S4.C2HF3O2/c1-29-18-16(10-14(30-18)17(20)21)31(26,12-6-4-5-11(19)9-12)22-32(27,28)15-8-3-2-7-13(15)23(24)25;3-2(4,5)1(6)7/h2-10H,1H3,(H3,20,21);(H,6,7). The number of carboxylic acids is 1. The molecule has 11 nitrogen and oxygen atoms in total. The van der Waals surface area contributed by atoms with E-state index in [9.17, 15) is 35.9 Å². The SMILES string of the molecule is CSc1sc(C(=N)N)cc1S(=O)(=NS(=O)(=O)c1ccccc1[N+](=O)[O-])c1cccc(Br)c1.O=C(O)C(F)(F)F. The van der Waals surface area contributed by atoms with Crippen LogP contribution in [-0.4, -0.2) is 46.9 Å². The zero-order chi connectivity index (χ0) is 29.8. The summed E-state index contributed by atoms with van der Waals surface area (Å²) >= 11 is 5.57. The van der Waals surface area contributed by atoms with Crippen LogP contribution in [0, 0.1) is 15.5 Å². The summed E-state index contributed by atoms with van der Waals surface area (Å²) in [6, 6.07) is 12.3. The van der Waals surface area contributed by atoms with Gasteiger partial charge >= 0.3 is 12.1 Å². The van der Waals surface area contributed by atoms with E-state index in [1.54, 1.807) is 18.4 Å². The highest BCUT2D eigenvalue weighted by Crippen LogP contribution is 2.40. The van der Waals surface area contributed by atoms with Crippen LogP contribution >= 0.6 is 39.0 Å². The molecule has 1 atom stereocenters.